The number of fused-ring (bicyclic) bond motifs is 5. The van der Waals surface area contributed by atoms with Gasteiger partial charge in [0.2, 0.25) is 5.12 Å². The molecule has 1 N–H and O–H groups in total. The molecule has 0 aromatic heterocycles. The molecular weight excluding hydrogens is 462 g/mol. The normalized spacial score (nSPS) is 47.4. The SMILES string of the molecule is CCC(=O)O[C@]1(C(=O)SCF)[C@H](C)CC2C3CC(C)C4=CC(=O)C=C[C@]4(C)[C@@]3(F)[C@@H](O)C[C@@]21C. The minimum atomic E-state index is -2.06. The van der Waals surface area contributed by atoms with Crippen molar-refractivity contribution < 1.29 is 33.0 Å². The van der Waals surface area contributed by atoms with Crippen LogP contribution in [0.15, 0.2) is 23.8 Å². The average Bonchev–Trinajstić information content (AvgIpc) is 2.99. The summed E-state index contributed by atoms with van der Waals surface area (Å²) < 4.78 is 36.6. The Labute approximate surface area is 203 Å². The highest BCUT2D eigenvalue weighted by Gasteiger charge is 2.77. The van der Waals surface area contributed by atoms with E-state index in [-0.39, 0.29) is 30.5 Å². The summed E-state index contributed by atoms with van der Waals surface area (Å²) in [4.78, 5) is 38.1. The number of hydrogen-bond acceptors (Lipinski definition) is 6. The van der Waals surface area contributed by atoms with Crippen molar-refractivity contribution in [2.75, 3.05) is 6.01 Å². The van der Waals surface area contributed by atoms with Crippen molar-refractivity contribution in [3.8, 4) is 0 Å². The molecule has 3 unspecified atom stereocenters. The van der Waals surface area contributed by atoms with Gasteiger partial charge in [-0.15, -0.1) is 0 Å². The summed E-state index contributed by atoms with van der Waals surface area (Å²) in [7, 11) is 0. The molecule has 5 nitrogen and oxygen atoms in total. The molecule has 3 fully saturated rings. The van der Waals surface area contributed by atoms with E-state index in [4.69, 9.17) is 4.74 Å². The number of ketones is 1. The highest BCUT2D eigenvalue weighted by Crippen LogP contribution is 2.72. The van der Waals surface area contributed by atoms with Gasteiger partial charge in [-0.2, -0.15) is 0 Å². The van der Waals surface area contributed by atoms with E-state index in [1.54, 1.807) is 33.8 Å². The van der Waals surface area contributed by atoms with Crippen molar-refractivity contribution in [2.45, 2.75) is 77.7 Å². The highest BCUT2D eigenvalue weighted by atomic mass is 32.2. The van der Waals surface area contributed by atoms with E-state index in [1.807, 2.05) is 6.92 Å². The van der Waals surface area contributed by atoms with Crippen LogP contribution in [-0.4, -0.2) is 45.4 Å². The fraction of sp³-hybridized carbons (Fsp3) is 0.731. The maximum Gasteiger partial charge on any atom is 0.306 e. The molecule has 4 rings (SSSR count). The van der Waals surface area contributed by atoms with Gasteiger partial charge in [-0.05, 0) is 61.9 Å². The molecule has 34 heavy (non-hydrogen) atoms. The number of carbonyl (C=O) groups excluding carboxylic acids is 3. The molecule has 0 radical (unpaired) electrons. The summed E-state index contributed by atoms with van der Waals surface area (Å²) >= 11 is 0.470. The smallest absolute Gasteiger partial charge is 0.306 e. The minimum Gasteiger partial charge on any atom is -0.449 e. The van der Waals surface area contributed by atoms with Crippen molar-refractivity contribution in [3.63, 3.8) is 0 Å². The number of halogens is 2. The number of esters is 1. The van der Waals surface area contributed by atoms with Gasteiger partial charge in [-0.1, -0.05) is 39.3 Å². The summed E-state index contributed by atoms with van der Waals surface area (Å²) in [5.74, 6) is -2.36. The van der Waals surface area contributed by atoms with Gasteiger partial charge in [0, 0.05) is 29.1 Å². The number of thioether (sulfide) groups is 1. The monoisotopic (exact) mass is 496 g/mol. The molecular formula is C26H34F2O5S. The zero-order valence-electron chi connectivity index (χ0n) is 20.4. The van der Waals surface area contributed by atoms with E-state index in [0.29, 0.717) is 30.2 Å². The van der Waals surface area contributed by atoms with E-state index in [1.165, 1.54) is 12.2 Å². The molecule has 3 saturated carbocycles. The van der Waals surface area contributed by atoms with Gasteiger partial charge in [-0.3, -0.25) is 14.4 Å². The molecule has 0 aliphatic heterocycles. The number of alkyl halides is 2. The quantitative estimate of drug-likeness (QED) is 0.567. The molecule has 4 aliphatic carbocycles. The molecule has 188 valence electrons. The van der Waals surface area contributed by atoms with Gasteiger partial charge in [0.25, 0.3) is 0 Å². The summed E-state index contributed by atoms with van der Waals surface area (Å²) in [6.07, 6.45) is 3.73. The number of allylic oxidation sites excluding steroid dienone is 4. The molecule has 4 aliphatic rings. The molecule has 0 saturated heterocycles. The zero-order chi connectivity index (χ0) is 25.3. The second-order valence-corrected chi connectivity index (χ2v) is 11.9. The minimum absolute atomic E-state index is 0.0455. The number of aliphatic hydroxyl groups is 1. The lowest BCUT2D eigenvalue weighted by Crippen LogP contribution is -2.70. The predicted molar refractivity (Wildman–Crippen MR) is 125 cm³/mol. The Morgan fingerprint density at radius 1 is 1.24 bits per heavy atom. The van der Waals surface area contributed by atoms with Gasteiger partial charge in [0.1, 0.15) is 6.01 Å². The first-order chi connectivity index (χ1) is 15.8. The van der Waals surface area contributed by atoms with E-state index < -0.39 is 57.1 Å². The lowest BCUT2D eigenvalue weighted by atomic mass is 9.43. The Morgan fingerprint density at radius 3 is 2.53 bits per heavy atom. The molecule has 9 atom stereocenters. The van der Waals surface area contributed by atoms with Crippen LogP contribution in [-0.2, 0) is 19.1 Å². The Morgan fingerprint density at radius 2 is 1.91 bits per heavy atom. The Hall–Kier alpha value is -1.54. The first-order valence-electron chi connectivity index (χ1n) is 12.1. The molecule has 0 heterocycles. The molecule has 0 bridgehead atoms. The Balaban J connectivity index is 1.87. The third-order valence-electron chi connectivity index (χ3n) is 9.56. The Kier molecular flexibility index (Phi) is 6.20. The van der Waals surface area contributed by atoms with Crippen LogP contribution in [0.2, 0.25) is 0 Å². The maximum atomic E-state index is 17.4. The lowest BCUT2D eigenvalue weighted by Gasteiger charge is -2.63. The van der Waals surface area contributed by atoms with Crippen LogP contribution in [0.3, 0.4) is 0 Å². The molecule has 8 heteroatoms. The van der Waals surface area contributed by atoms with Crippen molar-refractivity contribution >= 4 is 28.6 Å². The Bertz CT molecular complexity index is 980. The summed E-state index contributed by atoms with van der Waals surface area (Å²) in [5.41, 5.74) is -5.27. The number of hydrogen-bond donors (Lipinski definition) is 1. The van der Waals surface area contributed by atoms with Crippen molar-refractivity contribution in [1.82, 2.24) is 0 Å². The van der Waals surface area contributed by atoms with E-state index in [0.717, 1.165) is 0 Å². The fourth-order valence-electron chi connectivity index (χ4n) is 8.02. The number of carbonyl (C=O) groups is 3. The van der Waals surface area contributed by atoms with Crippen LogP contribution in [0.25, 0.3) is 0 Å². The van der Waals surface area contributed by atoms with E-state index >= 15 is 4.39 Å². The van der Waals surface area contributed by atoms with Gasteiger partial charge in [0.15, 0.2) is 17.1 Å². The number of rotatable bonds is 4. The van der Waals surface area contributed by atoms with E-state index in [9.17, 15) is 23.9 Å². The van der Waals surface area contributed by atoms with Gasteiger partial charge in [-0.25, -0.2) is 8.78 Å². The third kappa shape index (κ3) is 3.03. The van der Waals surface area contributed by atoms with Crippen LogP contribution in [0.1, 0.15) is 60.3 Å². The first kappa shape index (κ1) is 25.5. The molecule has 0 amide bonds. The van der Waals surface area contributed by atoms with Crippen LogP contribution in [0.4, 0.5) is 8.78 Å². The van der Waals surface area contributed by atoms with E-state index in [2.05, 4.69) is 0 Å². The lowest BCUT2D eigenvalue weighted by molar-refractivity contribution is -0.227. The van der Waals surface area contributed by atoms with Crippen LogP contribution in [0.5, 0.6) is 0 Å². The fourth-order valence-corrected chi connectivity index (χ4v) is 8.81. The van der Waals surface area contributed by atoms with Crippen molar-refractivity contribution in [2.24, 2.45) is 34.5 Å². The standard InChI is InChI=1S/C26H34F2O5S/c1-6-21(31)33-26(22(32)34-13-27)15(3)10-18-19-9-14(2)17-11-16(29)7-8-23(17,4)25(19,28)20(30)12-24(18,26)5/h7-8,11,14-15,18-20,30H,6,9-10,12-13H2,1-5H3/t14?,15-,18?,19?,20+,23+,24+,25+,26+/m1/s1. The number of ether oxygens (including phenoxy) is 1. The van der Waals surface area contributed by atoms with Crippen LogP contribution in [0, 0.1) is 34.5 Å². The largest absolute Gasteiger partial charge is 0.449 e. The number of aliphatic hydroxyl groups excluding tert-OH is 1. The summed E-state index contributed by atoms with van der Waals surface area (Å²) in [5, 5.41) is 10.9. The van der Waals surface area contributed by atoms with Crippen LogP contribution < -0.4 is 0 Å². The summed E-state index contributed by atoms with van der Waals surface area (Å²) in [6, 6.07) is -0.959. The second kappa shape index (κ2) is 8.26. The predicted octanol–water partition coefficient (Wildman–Crippen LogP) is 4.73. The van der Waals surface area contributed by atoms with Gasteiger partial charge < -0.3 is 9.84 Å². The molecule has 0 aromatic carbocycles. The van der Waals surface area contributed by atoms with Gasteiger partial charge >= 0.3 is 5.97 Å². The average molecular weight is 497 g/mol. The van der Waals surface area contributed by atoms with Crippen LogP contribution >= 0.6 is 11.8 Å². The topological polar surface area (TPSA) is 80.7 Å². The molecule has 0 spiro atoms. The summed E-state index contributed by atoms with van der Waals surface area (Å²) in [6.45, 7) is 8.92. The molecule has 0 aromatic rings. The maximum absolute atomic E-state index is 17.4. The third-order valence-corrected chi connectivity index (χ3v) is 10.2. The first-order valence-corrected chi connectivity index (χ1v) is 13.1. The second-order valence-electron chi connectivity index (χ2n) is 11.0. The zero-order valence-corrected chi connectivity index (χ0v) is 21.2. The van der Waals surface area contributed by atoms with Crippen molar-refractivity contribution in [3.05, 3.63) is 23.8 Å². The highest BCUT2D eigenvalue weighted by molar-refractivity contribution is 8.13. The van der Waals surface area contributed by atoms with Crippen molar-refractivity contribution in [1.29, 1.82) is 0 Å². The van der Waals surface area contributed by atoms with Gasteiger partial charge in [0.05, 0.1) is 6.10 Å².